The maximum atomic E-state index is 11.6. The second-order valence-corrected chi connectivity index (χ2v) is 3.65. The van der Waals surface area contributed by atoms with Crippen molar-refractivity contribution in [1.29, 1.82) is 0 Å². The zero-order chi connectivity index (χ0) is 13.5. The molecule has 4 nitrogen and oxygen atoms in total. The fourth-order valence-electron chi connectivity index (χ4n) is 1.46. The molecule has 0 radical (unpaired) electrons. The molecule has 1 aromatic carbocycles. The lowest BCUT2D eigenvalue weighted by Gasteiger charge is -2.18. The van der Waals surface area contributed by atoms with Gasteiger partial charge in [-0.2, -0.15) is 0 Å². The second-order valence-electron chi connectivity index (χ2n) is 3.65. The number of carbonyl (C=O) groups excluding carboxylic acids is 2. The van der Waals surface area contributed by atoms with E-state index >= 15 is 0 Å². The van der Waals surface area contributed by atoms with Gasteiger partial charge in [-0.3, -0.25) is 4.79 Å². The SMILES string of the molecule is C=C(C(=O)OCC)C(OC(C)=O)c1ccccc1. The first kappa shape index (κ1) is 14.0. The van der Waals surface area contributed by atoms with Gasteiger partial charge in [0.25, 0.3) is 0 Å². The van der Waals surface area contributed by atoms with E-state index < -0.39 is 18.0 Å². The summed E-state index contributed by atoms with van der Waals surface area (Å²) in [5, 5.41) is 0. The molecule has 0 bridgehead atoms. The van der Waals surface area contributed by atoms with E-state index in [2.05, 4.69) is 6.58 Å². The van der Waals surface area contributed by atoms with E-state index in [0.717, 1.165) is 0 Å². The lowest BCUT2D eigenvalue weighted by Crippen LogP contribution is -2.18. The van der Waals surface area contributed by atoms with Gasteiger partial charge < -0.3 is 9.47 Å². The molecule has 0 aromatic heterocycles. The van der Waals surface area contributed by atoms with Crippen molar-refractivity contribution in [2.24, 2.45) is 0 Å². The standard InChI is InChI=1S/C14H16O4/c1-4-17-14(16)10(2)13(18-11(3)15)12-8-6-5-7-9-12/h5-9,13H,2,4H2,1,3H3. The molecule has 96 valence electrons. The summed E-state index contributed by atoms with van der Waals surface area (Å²) in [5.41, 5.74) is 0.795. The first-order valence-electron chi connectivity index (χ1n) is 5.64. The highest BCUT2D eigenvalue weighted by Gasteiger charge is 2.24. The largest absolute Gasteiger partial charge is 0.463 e. The van der Waals surface area contributed by atoms with E-state index in [1.54, 1.807) is 31.2 Å². The molecule has 0 heterocycles. The molecular formula is C14H16O4. The van der Waals surface area contributed by atoms with Gasteiger partial charge in [0.1, 0.15) is 0 Å². The Bertz CT molecular complexity index is 436. The minimum absolute atomic E-state index is 0.109. The number of ether oxygens (including phenoxy) is 2. The van der Waals surface area contributed by atoms with Crippen LogP contribution < -0.4 is 0 Å². The van der Waals surface area contributed by atoms with Crippen molar-refractivity contribution in [2.75, 3.05) is 6.61 Å². The zero-order valence-electron chi connectivity index (χ0n) is 10.5. The van der Waals surface area contributed by atoms with Crippen LogP contribution in [0.4, 0.5) is 0 Å². The third kappa shape index (κ3) is 3.73. The number of hydrogen-bond acceptors (Lipinski definition) is 4. The third-order valence-corrected chi connectivity index (χ3v) is 2.24. The summed E-state index contributed by atoms with van der Waals surface area (Å²) in [5.74, 6) is -1.04. The Kier molecular flexibility index (Phi) is 5.11. The first-order valence-corrected chi connectivity index (χ1v) is 5.64. The molecule has 1 atom stereocenters. The van der Waals surface area contributed by atoms with Crippen LogP contribution in [0.3, 0.4) is 0 Å². The smallest absolute Gasteiger partial charge is 0.337 e. The molecule has 1 aromatic rings. The summed E-state index contributed by atoms with van der Waals surface area (Å²) in [4.78, 5) is 22.7. The molecule has 0 aliphatic rings. The van der Waals surface area contributed by atoms with Crippen molar-refractivity contribution in [3.8, 4) is 0 Å². The monoisotopic (exact) mass is 248 g/mol. The van der Waals surface area contributed by atoms with Crippen molar-refractivity contribution in [2.45, 2.75) is 20.0 Å². The molecule has 4 heteroatoms. The van der Waals surface area contributed by atoms with E-state index in [1.165, 1.54) is 6.92 Å². The lowest BCUT2D eigenvalue weighted by molar-refractivity contribution is -0.147. The molecule has 1 unspecified atom stereocenters. The van der Waals surface area contributed by atoms with Gasteiger partial charge >= 0.3 is 11.9 Å². The Labute approximate surface area is 106 Å². The summed E-state index contributed by atoms with van der Waals surface area (Å²) in [6.07, 6.45) is -0.803. The summed E-state index contributed by atoms with van der Waals surface area (Å²) < 4.78 is 9.98. The van der Waals surface area contributed by atoms with Crippen molar-refractivity contribution in [1.82, 2.24) is 0 Å². The quantitative estimate of drug-likeness (QED) is 0.593. The Hall–Kier alpha value is -2.10. The molecule has 18 heavy (non-hydrogen) atoms. The first-order chi connectivity index (χ1) is 8.56. The van der Waals surface area contributed by atoms with Crippen molar-refractivity contribution >= 4 is 11.9 Å². The zero-order valence-corrected chi connectivity index (χ0v) is 10.5. The van der Waals surface area contributed by atoms with E-state index in [0.29, 0.717) is 5.56 Å². The van der Waals surface area contributed by atoms with Gasteiger partial charge in [0.05, 0.1) is 12.2 Å². The van der Waals surface area contributed by atoms with Crippen molar-refractivity contribution < 1.29 is 19.1 Å². The number of carbonyl (C=O) groups is 2. The van der Waals surface area contributed by atoms with Crippen LogP contribution in [0.25, 0.3) is 0 Å². The van der Waals surface area contributed by atoms with Crippen LogP contribution in [0.15, 0.2) is 42.5 Å². The molecule has 0 N–H and O–H groups in total. The van der Waals surface area contributed by atoms with E-state index in [-0.39, 0.29) is 12.2 Å². The molecule has 0 aliphatic carbocycles. The number of hydrogen-bond donors (Lipinski definition) is 0. The molecule has 1 rings (SSSR count). The summed E-state index contributed by atoms with van der Waals surface area (Å²) in [6, 6.07) is 8.95. The van der Waals surface area contributed by atoms with Crippen LogP contribution in [-0.4, -0.2) is 18.5 Å². The highest BCUT2D eigenvalue weighted by Crippen LogP contribution is 2.25. The molecule has 0 saturated carbocycles. The Morgan fingerprint density at radius 3 is 2.39 bits per heavy atom. The second kappa shape index (κ2) is 6.59. The van der Waals surface area contributed by atoms with Crippen LogP contribution in [-0.2, 0) is 19.1 Å². The van der Waals surface area contributed by atoms with Gasteiger partial charge in [0.15, 0.2) is 6.10 Å². The predicted molar refractivity (Wildman–Crippen MR) is 66.7 cm³/mol. The highest BCUT2D eigenvalue weighted by atomic mass is 16.6. The molecule has 0 aliphatic heterocycles. The van der Waals surface area contributed by atoms with Gasteiger partial charge in [-0.25, -0.2) is 4.79 Å². The molecule has 0 saturated heterocycles. The lowest BCUT2D eigenvalue weighted by atomic mass is 10.0. The molecule has 0 spiro atoms. The Balaban J connectivity index is 2.95. The van der Waals surface area contributed by atoms with Crippen LogP contribution in [0.1, 0.15) is 25.5 Å². The average Bonchev–Trinajstić information content (AvgIpc) is 2.36. The van der Waals surface area contributed by atoms with Gasteiger partial charge in [-0.15, -0.1) is 0 Å². The normalized spacial score (nSPS) is 11.4. The van der Waals surface area contributed by atoms with E-state index in [9.17, 15) is 9.59 Å². The van der Waals surface area contributed by atoms with Gasteiger partial charge in [-0.05, 0) is 12.5 Å². The molecular weight excluding hydrogens is 232 g/mol. The van der Waals surface area contributed by atoms with Crippen LogP contribution in [0.5, 0.6) is 0 Å². The maximum absolute atomic E-state index is 11.6. The van der Waals surface area contributed by atoms with Crippen LogP contribution in [0.2, 0.25) is 0 Å². The summed E-state index contributed by atoms with van der Waals surface area (Å²) in [7, 11) is 0. The summed E-state index contributed by atoms with van der Waals surface area (Å²) in [6.45, 7) is 6.89. The third-order valence-electron chi connectivity index (χ3n) is 2.24. The van der Waals surface area contributed by atoms with Gasteiger partial charge in [0.2, 0.25) is 0 Å². The average molecular weight is 248 g/mol. The topological polar surface area (TPSA) is 52.6 Å². The van der Waals surface area contributed by atoms with Gasteiger partial charge in [0, 0.05) is 6.92 Å². The van der Waals surface area contributed by atoms with Crippen LogP contribution >= 0.6 is 0 Å². The Morgan fingerprint density at radius 2 is 1.89 bits per heavy atom. The fourth-order valence-corrected chi connectivity index (χ4v) is 1.46. The predicted octanol–water partition coefficient (Wildman–Crippen LogP) is 2.41. The minimum atomic E-state index is -0.803. The van der Waals surface area contributed by atoms with Gasteiger partial charge in [-0.1, -0.05) is 36.9 Å². The number of benzene rings is 1. The number of rotatable bonds is 5. The fraction of sp³-hybridized carbons (Fsp3) is 0.286. The highest BCUT2D eigenvalue weighted by molar-refractivity contribution is 5.89. The van der Waals surface area contributed by atoms with Crippen LogP contribution in [0, 0.1) is 0 Å². The molecule has 0 amide bonds. The van der Waals surface area contributed by atoms with Crippen molar-refractivity contribution in [3.63, 3.8) is 0 Å². The Morgan fingerprint density at radius 1 is 1.28 bits per heavy atom. The van der Waals surface area contributed by atoms with Crippen molar-refractivity contribution in [3.05, 3.63) is 48.0 Å². The minimum Gasteiger partial charge on any atom is -0.463 e. The molecule has 0 fully saturated rings. The maximum Gasteiger partial charge on any atom is 0.337 e. The van der Waals surface area contributed by atoms with E-state index in [1.807, 2.05) is 6.07 Å². The number of esters is 2. The summed E-state index contributed by atoms with van der Waals surface area (Å²) >= 11 is 0. The van der Waals surface area contributed by atoms with E-state index in [4.69, 9.17) is 9.47 Å².